The highest BCUT2D eigenvalue weighted by molar-refractivity contribution is 7.48. The summed E-state index contributed by atoms with van der Waals surface area (Å²) in [6.07, 6.45) is -0.720. The van der Waals surface area contributed by atoms with Gasteiger partial charge in [0, 0.05) is 17.2 Å². The molecule has 0 aromatic carbocycles. The number of phosphoric ester groups is 1. The zero-order valence-electron chi connectivity index (χ0n) is 11.1. The van der Waals surface area contributed by atoms with Crippen LogP contribution < -0.4 is 0 Å². The van der Waals surface area contributed by atoms with Gasteiger partial charge in [-0.3, -0.25) is 13.6 Å². The first kappa shape index (κ1) is 17.4. The van der Waals surface area contributed by atoms with Crippen LogP contribution in [0.15, 0.2) is 12.2 Å². The molecule has 0 saturated carbocycles. The summed E-state index contributed by atoms with van der Waals surface area (Å²) < 4.78 is 33.0. The highest BCUT2D eigenvalue weighted by Gasteiger charge is 2.43. The summed E-state index contributed by atoms with van der Waals surface area (Å²) in [6, 6.07) is 0. The molecule has 0 aliphatic carbocycles. The topological polar surface area (TPSA) is 54.0 Å². The number of halogens is 2. The van der Waals surface area contributed by atoms with E-state index in [0.717, 1.165) is 5.57 Å². The molecule has 112 valence electrons. The molecule has 0 amide bonds. The number of alkyl halides is 2. The Kier molecular flexibility index (Phi) is 6.81. The number of hydrogen-bond acceptors (Lipinski definition) is 5. The molecule has 5 nitrogen and oxygen atoms in total. The van der Waals surface area contributed by atoms with Gasteiger partial charge in [-0.05, 0) is 13.8 Å². The van der Waals surface area contributed by atoms with Crippen molar-refractivity contribution >= 4 is 31.0 Å². The zero-order chi connectivity index (χ0) is 14.5. The summed E-state index contributed by atoms with van der Waals surface area (Å²) in [6.45, 7) is 7.69. The van der Waals surface area contributed by atoms with Crippen LogP contribution >= 0.6 is 31.0 Å². The molecule has 1 fully saturated rings. The minimum absolute atomic E-state index is 0.129. The Balaban J connectivity index is 2.47. The Morgan fingerprint density at radius 2 is 1.95 bits per heavy atom. The van der Waals surface area contributed by atoms with Crippen LogP contribution in [0.25, 0.3) is 0 Å². The lowest BCUT2D eigenvalue weighted by molar-refractivity contribution is -0.0950. The van der Waals surface area contributed by atoms with Crippen LogP contribution in [-0.2, 0) is 22.9 Å². The third-order valence-corrected chi connectivity index (χ3v) is 5.05. The van der Waals surface area contributed by atoms with Crippen molar-refractivity contribution in [3.63, 3.8) is 0 Å². The molecule has 0 bridgehead atoms. The van der Waals surface area contributed by atoms with E-state index >= 15 is 0 Å². The van der Waals surface area contributed by atoms with Crippen LogP contribution in [0.3, 0.4) is 0 Å². The fourth-order valence-electron chi connectivity index (χ4n) is 1.23. The average Bonchev–Trinajstić information content (AvgIpc) is 2.38. The molecule has 1 heterocycles. The van der Waals surface area contributed by atoms with Gasteiger partial charge in [-0.15, -0.1) is 23.2 Å². The first-order chi connectivity index (χ1) is 8.85. The van der Waals surface area contributed by atoms with Gasteiger partial charge < -0.3 is 4.74 Å². The first-order valence-electron chi connectivity index (χ1n) is 5.80. The molecule has 19 heavy (non-hydrogen) atoms. The zero-order valence-corrected chi connectivity index (χ0v) is 13.5. The van der Waals surface area contributed by atoms with Crippen LogP contribution in [0, 0.1) is 5.41 Å². The fraction of sp³-hybridized carbons (Fsp3) is 0.818. The Labute approximate surface area is 123 Å². The quantitative estimate of drug-likeness (QED) is 0.309. The predicted octanol–water partition coefficient (Wildman–Crippen LogP) is 3.56. The van der Waals surface area contributed by atoms with Crippen molar-refractivity contribution in [2.45, 2.75) is 20.1 Å². The summed E-state index contributed by atoms with van der Waals surface area (Å²) in [5, 5.41) is 0. The van der Waals surface area contributed by atoms with Crippen LogP contribution in [-0.4, -0.2) is 37.9 Å². The van der Waals surface area contributed by atoms with Crippen LogP contribution in [0.4, 0.5) is 0 Å². The molecule has 1 rings (SSSR count). The second-order valence-corrected chi connectivity index (χ2v) is 6.86. The molecule has 1 unspecified atom stereocenters. The molecule has 8 heteroatoms. The van der Waals surface area contributed by atoms with Crippen molar-refractivity contribution in [1.29, 1.82) is 0 Å². The summed E-state index contributed by atoms with van der Waals surface area (Å²) in [5.74, 6) is 0.524. The van der Waals surface area contributed by atoms with E-state index in [4.69, 9.17) is 41.5 Å². The largest absolute Gasteiger partial charge is 0.477 e. The van der Waals surface area contributed by atoms with Gasteiger partial charge in [-0.2, -0.15) is 0 Å². The SMILES string of the molecule is C=C(C)COC(C)OP1(=O)OCC(CCl)(CCl)CO1. The summed E-state index contributed by atoms with van der Waals surface area (Å²) >= 11 is 11.6. The molecule has 1 atom stereocenters. The molecule has 1 aliphatic rings. The van der Waals surface area contributed by atoms with Gasteiger partial charge in [0.15, 0.2) is 6.29 Å². The predicted molar refractivity (Wildman–Crippen MR) is 74.7 cm³/mol. The van der Waals surface area contributed by atoms with Gasteiger partial charge in [0.05, 0.1) is 19.8 Å². The normalized spacial score (nSPS) is 22.9. The maximum atomic E-state index is 12.2. The lowest BCUT2D eigenvalue weighted by Gasteiger charge is -2.36. The van der Waals surface area contributed by atoms with Crippen LogP contribution in [0.1, 0.15) is 13.8 Å². The lowest BCUT2D eigenvalue weighted by atomic mass is 9.96. The van der Waals surface area contributed by atoms with Crippen molar-refractivity contribution in [3.8, 4) is 0 Å². The number of hydrogen-bond donors (Lipinski definition) is 0. The Morgan fingerprint density at radius 3 is 2.37 bits per heavy atom. The molecular formula is C11H19Cl2O5P. The van der Waals surface area contributed by atoms with Gasteiger partial charge in [0.1, 0.15) is 0 Å². The van der Waals surface area contributed by atoms with Crippen molar-refractivity contribution < 1.29 is 22.9 Å². The molecule has 0 aromatic heterocycles. The first-order valence-corrected chi connectivity index (χ1v) is 8.33. The number of ether oxygens (including phenoxy) is 1. The van der Waals surface area contributed by atoms with E-state index in [1.165, 1.54) is 0 Å². The van der Waals surface area contributed by atoms with Gasteiger partial charge in [-0.25, -0.2) is 4.57 Å². The smallest absolute Gasteiger partial charge is 0.348 e. The molecular weight excluding hydrogens is 314 g/mol. The highest BCUT2D eigenvalue weighted by Crippen LogP contribution is 2.55. The second kappa shape index (κ2) is 7.41. The molecule has 0 radical (unpaired) electrons. The van der Waals surface area contributed by atoms with E-state index in [-0.39, 0.29) is 25.0 Å². The minimum Gasteiger partial charge on any atom is -0.348 e. The van der Waals surface area contributed by atoms with Crippen LogP contribution in [0.5, 0.6) is 0 Å². The van der Waals surface area contributed by atoms with E-state index in [1.807, 2.05) is 6.92 Å². The maximum Gasteiger partial charge on any atom is 0.477 e. The van der Waals surface area contributed by atoms with Crippen molar-refractivity contribution in [3.05, 3.63) is 12.2 Å². The number of rotatable bonds is 7. The molecule has 0 spiro atoms. The van der Waals surface area contributed by atoms with E-state index in [2.05, 4.69) is 6.58 Å². The van der Waals surface area contributed by atoms with Crippen LogP contribution in [0.2, 0.25) is 0 Å². The summed E-state index contributed by atoms with van der Waals surface area (Å²) in [5.41, 5.74) is 0.310. The second-order valence-electron chi connectivity index (χ2n) is 4.70. The Morgan fingerprint density at radius 1 is 1.42 bits per heavy atom. The van der Waals surface area contributed by atoms with E-state index in [1.54, 1.807) is 6.92 Å². The molecule has 1 saturated heterocycles. The van der Waals surface area contributed by atoms with E-state index < -0.39 is 19.5 Å². The van der Waals surface area contributed by atoms with E-state index in [0.29, 0.717) is 6.61 Å². The van der Waals surface area contributed by atoms with Gasteiger partial charge in [0.2, 0.25) is 0 Å². The maximum absolute atomic E-state index is 12.2. The Bertz CT molecular complexity index is 345. The lowest BCUT2D eigenvalue weighted by Crippen LogP contribution is -2.39. The van der Waals surface area contributed by atoms with E-state index in [9.17, 15) is 4.57 Å². The monoisotopic (exact) mass is 332 g/mol. The number of phosphoric acid groups is 1. The fourth-order valence-corrected chi connectivity index (χ4v) is 3.31. The van der Waals surface area contributed by atoms with Gasteiger partial charge in [-0.1, -0.05) is 12.2 Å². The van der Waals surface area contributed by atoms with Gasteiger partial charge >= 0.3 is 7.82 Å². The summed E-state index contributed by atoms with van der Waals surface area (Å²) in [4.78, 5) is 0. The molecule has 1 aliphatic heterocycles. The minimum atomic E-state index is -3.61. The molecule has 0 aromatic rings. The van der Waals surface area contributed by atoms with Crippen molar-refractivity contribution in [1.82, 2.24) is 0 Å². The Hall–Kier alpha value is 0.390. The molecule has 0 N–H and O–H groups in total. The standard InChI is InChI=1S/C11H19Cl2O5P/c1-9(2)4-15-10(3)18-19(14)16-7-11(5-12,6-13)8-17-19/h10H,1,4-8H2,2-3H3. The van der Waals surface area contributed by atoms with Crippen molar-refractivity contribution in [2.24, 2.45) is 5.41 Å². The third-order valence-electron chi connectivity index (χ3n) is 2.47. The summed E-state index contributed by atoms with van der Waals surface area (Å²) in [7, 11) is -3.61. The van der Waals surface area contributed by atoms with Gasteiger partial charge in [0.25, 0.3) is 0 Å². The van der Waals surface area contributed by atoms with Crippen molar-refractivity contribution in [2.75, 3.05) is 31.6 Å². The third kappa shape index (κ3) is 5.35. The average molecular weight is 333 g/mol. The highest BCUT2D eigenvalue weighted by atomic mass is 35.5.